The van der Waals surface area contributed by atoms with Crippen LogP contribution in [0.1, 0.15) is 16.7 Å². The van der Waals surface area contributed by atoms with E-state index in [0.717, 1.165) is 11.1 Å². The minimum Gasteiger partial charge on any atom is -0.399 e. The van der Waals surface area contributed by atoms with Crippen molar-refractivity contribution in [1.82, 2.24) is 4.90 Å². The van der Waals surface area contributed by atoms with Crippen molar-refractivity contribution < 1.29 is 4.79 Å². The lowest BCUT2D eigenvalue weighted by atomic mass is 10.1. The highest BCUT2D eigenvalue weighted by molar-refractivity contribution is 5.91. The van der Waals surface area contributed by atoms with Gasteiger partial charge in [-0.2, -0.15) is 0 Å². The Bertz CT molecular complexity index is 662. The Morgan fingerprint density at radius 1 is 1.19 bits per heavy atom. The van der Waals surface area contributed by atoms with Gasteiger partial charge in [-0.15, -0.1) is 0 Å². The van der Waals surface area contributed by atoms with E-state index in [2.05, 4.69) is 6.07 Å². The van der Waals surface area contributed by atoms with Crippen LogP contribution in [0.2, 0.25) is 0 Å². The van der Waals surface area contributed by atoms with Crippen LogP contribution in [0.3, 0.4) is 0 Å². The van der Waals surface area contributed by atoms with Gasteiger partial charge in [0, 0.05) is 25.4 Å². The molecule has 0 spiro atoms. The van der Waals surface area contributed by atoms with E-state index in [1.807, 2.05) is 49.4 Å². The quantitative estimate of drug-likeness (QED) is 0.690. The molecule has 21 heavy (non-hydrogen) atoms. The number of hydrogen-bond acceptors (Lipinski definition) is 2. The summed E-state index contributed by atoms with van der Waals surface area (Å²) in [6.45, 7) is 2.65. The number of nitrogens with zero attached hydrogens (tertiary/aromatic N) is 1. The van der Waals surface area contributed by atoms with E-state index in [1.54, 1.807) is 24.1 Å². The van der Waals surface area contributed by atoms with Gasteiger partial charge in [0.05, 0.1) is 0 Å². The first kappa shape index (κ1) is 14.9. The maximum Gasteiger partial charge on any atom is 0.246 e. The van der Waals surface area contributed by atoms with Crippen molar-refractivity contribution in [3.05, 3.63) is 71.3 Å². The fourth-order valence-electron chi connectivity index (χ4n) is 2.12. The maximum absolute atomic E-state index is 12.1. The van der Waals surface area contributed by atoms with E-state index >= 15 is 0 Å². The lowest BCUT2D eigenvalue weighted by molar-refractivity contribution is -0.125. The summed E-state index contributed by atoms with van der Waals surface area (Å²) in [4.78, 5) is 13.8. The molecule has 3 nitrogen and oxygen atoms in total. The topological polar surface area (TPSA) is 46.3 Å². The first-order valence-electron chi connectivity index (χ1n) is 6.89. The van der Waals surface area contributed by atoms with Crippen LogP contribution in [0.5, 0.6) is 0 Å². The molecule has 0 saturated carbocycles. The van der Waals surface area contributed by atoms with Crippen molar-refractivity contribution >= 4 is 17.7 Å². The second-order valence-electron chi connectivity index (χ2n) is 5.19. The third-order valence-electron chi connectivity index (χ3n) is 3.21. The summed E-state index contributed by atoms with van der Waals surface area (Å²) in [7, 11) is 1.80. The third kappa shape index (κ3) is 4.49. The van der Waals surface area contributed by atoms with E-state index in [0.29, 0.717) is 12.2 Å². The Balaban J connectivity index is 1.99. The van der Waals surface area contributed by atoms with Gasteiger partial charge >= 0.3 is 0 Å². The van der Waals surface area contributed by atoms with Crippen LogP contribution in [-0.2, 0) is 11.3 Å². The molecular weight excluding hydrogens is 260 g/mol. The highest BCUT2D eigenvalue weighted by Crippen LogP contribution is 2.10. The van der Waals surface area contributed by atoms with Gasteiger partial charge in [-0.3, -0.25) is 4.79 Å². The molecule has 2 rings (SSSR count). The number of amides is 1. The molecule has 2 aromatic carbocycles. The zero-order valence-corrected chi connectivity index (χ0v) is 12.4. The molecule has 108 valence electrons. The minimum absolute atomic E-state index is 0.0288. The molecule has 0 aliphatic rings. The molecule has 0 aromatic heterocycles. The molecule has 0 fully saturated rings. The SMILES string of the molecule is Cc1cccc(CN(C)C(=O)/C=C/c2cccc(N)c2)c1. The largest absolute Gasteiger partial charge is 0.399 e. The van der Waals surface area contributed by atoms with Crippen molar-refractivity contribution in [2.75, 3.05) is 12.8 Å². The smallest absolute Gasteiger partial charge is 0.246 e. The zero-order valence-electron chi connectivity index (χ0n) is 12.4. The number of carbonyl (C=O) groups excluding carboxylic acids is 1. The fraction of sp³-hybridized carbons (Fsp3) is 0.167. The Morgan fingerprint density at radius 3 is 2.67 bits per heavy atom. The molecule has 0 aliphatic carbocycles. The van der Waals surface area contributed by atoms with Gasteiger partial charge < -0.3 is 10.6 Å². The highest BCUT2D eigenvalue weighted by Gasteiger charge is 2.05. The molecule has 1 amide bonds. The number of aryl methyl sites for hydroxylation is 1. The minimum atomic E-state index is -0.0288. The van der Waals surface area contributed by atoms with Gasteiger partial charge in [-0.25, -0.2) is 0 Å². The maximum atomic E-state index is 12.1. The van der Waals surface area contributed by atoms with Crippen LogP contribution in [0.25, 0.3) is 6.08 Å². The molecule has 0 aliphatic heterocycles. The predicted molar refractivity (Wildman–Crippen MR) is 87.5 cm³/mol. The fourth-order valence-corrected chi connectivity index (χ4v) is 2.12. The van der Waals surface area contributed by atoms with E-state index < -0.39 is 0 Å². The van der Waals surface area contributed by atoms with E-state index in [9.17, 15) is 4.79 Å². The van der Waals surface area contributed by atoms with Crippen LogP contribution >= 0.6 is 0 Å². The van der Waals surface area contributed by atoms with E-state index in [4.69, 9.17) is 5.73 Å². The summed E-state index contributed by atoms with van der Waals surface area (Å²) in [6.07, 6.45) is 3.36. The summed E-state index contributed by atoms with van der Waals surface area (Å²) >= 11 is 0. The van der Waals surface area contributed by atoms with Gasteiger partial charge in [0.25, 0.3) is 0 Å². The van der Waals surface area contributed by atoms with Gasteiger partial charge in [0.15, 0.2) is 0 Å². The van der Waals surface area contributed by atoms with Crippen molar-refractivity contribution in [3.8, 4) is 0 Å². The lowest BCUT2D eigenvalue weighted by Crippen LogP contribution is -2.24. The van der Waals surface area contributed by atoms with Crippen LogP contribution in [-0.4, -0.2) is 17.9 Å². The van der Waals surface area contributed by atoms with Crippen molar-refractivity contribution in [3.63, 3.8) is 0 Å². The normalized spacial score (nSPS) is 10.8. The number of nitrogens with two attached hydrogens (primary N) is 1. The Kier molecular flexibility index (Phi) is 4.77. The molecule has 2 N–H and O–H groups in total. The van der Waals surface area contributed by atoms with Crippen LogP contribution < -0.4 is 5.73 Å². The summed E-state index contributed by atoms with van der Waals surface area (Å²) in [5.74, 6) is -0.0288. The number of benzene rings is 2. The predicted octanol–water partition coefficient (Wildman–Crippen LogP) is 3.25. The monoisotopic (exact) mass is 280 g/mol. The number of hydrogen-bond donors (Lipinski definition) is 1. The summed E-state index contributed by atoms with van der Waals surface area (Å²) in [5.41, 5.74) is 9.65. The molecule has 0 heterocycles. The first-order chi connectivity index (χ1) is 10.0. The average Bonchev–Trinajstić information content (AvgIpc) is 2.45. The van der Waals surface area contributed by atoms with Gasteiger partial charge in [0.2, 0.25) is 5.91 Å². The summed E-state index contributed by atoms with van der Waals surface area (Å²) in [6, 6.07) is 15.6. The highest BCUT2D eigenvalue weighted by atomic mass is 16.2. The molecular formula is C18H20N2O. The van der Waals surface area contributed by atoms with Crippen LogP contribution in [0.15, 0.2) is 54.6 Å². The number of likely N-dealkylation sites (N-methyl/N-ethyl adjacent to an activating group) is 1. The molecule has 0 unspecified atom stereocenters. The molecule has 0 atom stereocenters. The number of nitrogen functional groups attached to an aromatic ring is 1. The van der Waals surface area contributed by atoms with Crippen LogP contribution in [0.4, 0.5) is 5.69 Å². The molecule has 2 aromatic rings. The Labute approximate surface area is 125 Å². The first-order valence-corrected chi connectivity index (χ1v) is 6.89. The van der Waals surface area contributed by atoms with E-state index in [-0.39, 0.29) is 5.91 Å². The molecule has 0 bridgehead atoms. The number of anilines is 1. The summed E-state index contributed by atoms with van der Waals surface area (Å²) in [5, 5.41) is 0. The van der Waals surface area contributed by atoms with Gasteiger partial charge in [0.1, 0.15) is 0 Å². The summed E-state index contributed by atoms with van der Waals surface area (Å²) < 4.78 is 0. The Morgan fingerprint density at radius 2 is 1.95 bits per heavy atom. The van der Waals surface area contributed by atoms with E-state index in [1.165, 1.54) is 5.56 Å². The number of carbonyl (C=O) groups is 1. The zero-order chi connectivity index (χ0) is 15.2. The van der Waals surface area contributed by atoms with Gasteiger partial charge in [-0.05, 0) is 36.3 Å². The average molecular weight is 280 g/mol. The van der Waals surface area contributed by atoms with Gasteiger partial charge in [-0.1, -0.05) is 42.0 Å². The second kappa shape index (κ2) is 6.75. The number of rotatable bonds is 4. The van der Waals surface area contributed by atoms with Crippen LogP contribution in [0, 0.1) is 6.92 Å². The molecule has 3 heteroatoms. The van der Waals surface area contributed by atoms with Crippen molar-refractivity contribution in [2.24, 2.45) is 0 Å². The van der Waals surface area contributed by atoms with Crippen molar-refractivity contribution in [1.29, 1.82) is 0 Å². The van der Waals surface area contributed by atoms with Crippen molar-refractivity contribution in [2.45, 2.75) is 13.5 Å². The lowest BCUT2D eigenvalue weighted by Gasteiger charge is -2.15. The standard InChI is InChI=1S/C18H20N2O/c1-14-5-3-7-16(11-14)13-20(2)18(21)10-9-15-6-4-8-17(19)12-15/h3-12H,13,19H2,1-2H3/b10-9+. The second-order valence-corrected chi connectivity index (χ2v) is 5.19. The third-order valence-corrected chi connectivity index (χ3v) is 3.21. The molecule has 0 saturated heterocycles. The Hall–Kier alpha value is -2.55. The molecule has 0 radical (unpaired) electrons.